The Morgan fingerprint density at radius 1 is 0.929 bits per heavy atom. The molecule has 0 aliphatic carbocycles. The van der Waals surface area contributed by atoms with Gasteiger partial charge in [0.15, 0.2) is 0 Å². The van der Waals surface area contributed by atoms with Crippen molar-refractivity contribution in [1.29, 1.82) is 0 Å². The van der Waals surface area contributed by atoms with Gasteiger partial charge in [0.05, 0.1) is 17.2 Å². The number of carbonyl (C=O) groups excluding carboxylic acids is 2. The van der Waals surface area contributed by atoms with Gasteiger partial charge in [0.2, 0.25) is 11.8 Å². The fourth-order valence-electron chi connectivity index (χ4n) is 4.44. The lowest BCUT2D eigenvalue weighted by Gasteiger charge is -2.34. The standard InChI is InChI=1S/C32H40ClN3O5S/c1-6-24(5)34-32(38)28(7-2)35(21-25-15-13-23(4)14-16-25)31(37)22-36(29-11-9-10-12-30(29)41-8-3)42(39,40)27-19-17-26(33)18-20-27/h9-20,24,28H,6-8,21-22H2,1-5H3,(H,34,38)/t24-,28-/m1/s1. The quantitative estimate of drug-likeness (QED) is 0.242. The number of benzene rings is 3. The molecule has 0 bridgehead atoms. The van der Waals surface area contributed by atoms with Crippen LogP contribution in [0.5, 0.6) is 5.75 Å². The van der Waals surface area contributed by atoms with Crippen molar-refractivity contribution in [1.82, 2.24) is 10.2 Å². The molecule has 0 unspecified atom stereocenters. The van der Waals surface area contributed by atoms with Crippen LogP contribution in [-0.4, -0.2) is 50.4 Å². The molecule has 3 aromatic carbocycles. The van der Waals surface area contributed by atoms with Gasteiger partial charge in [-0.25, -0.2) is 8.42 Å². The highest BCUT2D eigenvalue weighted by Gasteiger charge is 2.35. The summed E-state index contributed by atoms with van der Waals surface area (Å²) in [4.78, 5) is 29.1. The van der Waals surface area contributed by atoms with Crippen LogP contribution in [0.4, 0.5) is 5.69 Å². The van der Waals surface area contributed by atoms with E-state index in [1.165, 1.54) is 29.2 Å². The molecule has 10 heteroatoms. The smallest absolute Gasteiger partial charge is 0.264 e. The van der Waals surface area contributed by atoms with Crippen LogP contribution in [0, 0.1) is 6.92 Å². The lowest BCUT2D eigenvalue weighted by atomic mass is 10.1. The summed E-state index contributed by atoms with van der Waals surface area (Å²) in [6.07, 6.45) is 1.08. The molecule has 0 heterocycles. The van der Waals surface area contributed by atoms with Crippen molar-refractivity contribution in [3.05, 3.63) is 88.9 Å². The number of nitrogens with one attached hydrogen (secondary N) is 1. The number of hydrogen-bond acceptors (Lipinski definition) is 5. The molecule has 1 N–H and O–H groups in total. The fourth-order valence-corrected chi connectivity index (χ4v) is 5.99. The molecule has 0 radical (unpaired) electrons. The zero-order valence-corrected chi connectivity index (χ0v) is 26.4. The first-order chi connectivity index (χ1) is 20.0. The SMILES string of the molecule is CCOc1ccccc1N(CC(=O)N(Cc1ccc(C)cc1)[C@H](CC)C(=O)N[C@H](C)CC)S(=O)(=O)c1ccc(Cl)cc1. The Bertz CT molecular complexity index is 1450. The van der Waals surface area contributed by atoms with E-state index in [0.717, 1.165) is 21.9 Å². The second-order valence-electron chi connectivity index (χ2n) is 10.1. The van der Waals surface area contributed by atoms with E-state index in [1.54, 1.807) is 31.2 Å². The molecule has 0 aliphatic rings. The highest BCUT2D eigenvalue weighted by molar-refractivity contribution is 7.92. The molecule has 2 atom stereocenters. The third kappa shape index (κ3) is 8.26. The Kier molecular flexibility index (Phi) is 11.8. The van der Waals surface area contributed by atoms with Gasteiger partial charge in [0.25, 0.3) is 10.0 Å². The number of sulfonamides is 1. The predicted octanol–water partition coefficient (Wildman–Crippen LogP) is 5.96. The average Bonchev–Trinajstić information content (AvgIpc) is 2.97. The van der Waals surface area contributed by atoms with Crippen molar-refractivity contribution in [2.24, 2.45) is 0 Å². The van der Waals surface area contributed by atoms with Gasteiger partial charge in [-0.05, 0) is 75.6 Å². The van der Waals surface area contributed by atoms with Crippen molar-refractivity contribution >= 4 is 39.1 Å². The first-order valence-electron chi connectivity index (χ1n) is 14.2. The number of rotatable bonds is 14. The number of anilines is 1. The van der Waals surface area contributed by atoms with Crippen molar-refractivity contribution in [2.75, 3.05) is 17.5 Å². The van der Waals surface area contributed by atoms with E-state index in [4.69, 9.17) is 16.3 Å². The van der Waals surface area contributed by atoms with Crippen LogP contribution in [0.25, 0.3) is 0 Å². The zero-order valence-electron chi connectivity index (χ0n) is 24.8. The predicted molar refractivity (Wildman–Crippen MR) is 167 cm³/mol. The second kappa shape index (κ2) is 15.1. The first-order valence-corrected chi connectivity index (χ1v) is 16.0. The van der Waals surface area contributed by atoms with Crippen LogP contribution in [-0.2, 0) is 26.2 Å². The van der Waals surface area contributed by atoms with Crippen molar-refractivity contribution in [2.45, 2.75) is 71.0 Å². The van der Waals surface area contributed by atoms with E-state index in [-0.39, 0.29) is 29.1 Å². The lowest BCUT2D eigenvalue weighted by molar-refractivity contribution is -0.140. The average molecular weight is 614 g/mol. The Balaban J connectivity index is 2.10. The van der Waals surface area contributed by atoms with Gasteiger partial charge in [-0.2, -0.15) is 0 Å². The van der Waals surface area contributed by atoms with Crippen molar-refractivity contribution in [3.63, 3.8) is 0 Å². The van der Waals surface area contributed by atoms with Gasteiger partial charge in [-0.1, -0.05) is 67.4 Å². The summed E-state index contributed by atoms with van der Waals surface area (Å²) in [5.41, 5.74) is 2.10. The monoisotopic (exact) mass is 613 g/mol. The summed E-state index contributed by atoms with van der Waals surface area (Å²) >= 11 is 6.04. The van der Waals surface area contributed by atoms with E-state index < -0.39 is 28.5 Å². The normalized spacial score (nSPS) is 12.7. The van der Waals surface area contributed by atoms with Crippen LogP contribution in [0.15, 0.2) is 77.7 Å². The highest BCUT2D eigenvalue weighted by Crippen LogP contribution is 2.33. The minimum absolute atomic E-state index is 0.0300. The molecule has 0 saturated carbocycles. The van der Waals surface area contributed by atoms with Crippen LogP contribution in [0.2, 0.25) is 5.02 Å². The maximum Gasteiger partial charge on any atom is 0.264 e. The molecule has 0 aromatic heterocycles. The Morgan fingerprint density at radius 2 is 1.57 bits per heavy atom. The van der Waals surface area contributed by atoms with Gasteiger partial charge in [-0.3, -0.25) is 13.9 Å². The number of amides is 2. The van der Waals surface area contributed by atoms with Crippen molar-refractivity contribution < 1.29 is 22.7 Å². The number of nitrogens with zero attached hydrogens (tertiary/aromatic N) is 2. The molecule has 3 rings (SSSR count). The fraction of sp³-hybridized carbons (Fsp3) is 0.375. The number of para-hydroxylation sites is 2. The summed E-state index contributed by atoms with van der Waals surface area (Å²) in [6.45, 7) is 9.36. The number of hydrogen-bond donors (Lipinski definition) is 1. The summed E-state index contributed by atoms with van der Waals surface area (Å²) in [6, 6.07) is 19.2. The molecule has 8 nitrogen and oxygen atoms in total. The largest absolute Gasteiger partial charge is 0.492 e. The minimum atomic E-state index is -4.25. The molecule has 226 valence electrons. The molecule has 0 spiro atoms. The molecule has 0 aliphatic heterocycles. The van der Waals surface area contributed by atoms with Gasteiger partial charge in [0, 0.05) is 17.6 Å². The maximum atomic E-state index is 14.2. The molecule has 3 aromatic rings. The topological polar surface area (TPSA) is 96.0 Å². The van der Waals surface area contributed by atoms with Gasteiger partial charge >= 0.3 is 0 Å². The summed E-state index contributed by atoms with van der Waals surface area (Å²) < 4.78 is 35.0. The van der Waals surface area contributed by atoms with Crippen LogP contribution >= 0.6 is 11.6 Å². The number of ether oxygens (including phenoxy) is 1. The number of carbonyl (C=O) groups is 2. The molecular weight excluding hydrogens is 574 g/mol. The summed E-state index contributed by atoms with van der Waals surface area (Å²) in [7, 11) is -4.25. The molecule has 0 fully saturated rings. The lowest BCUT2D eigenvalue weighted by Crippen LogP contribution is -2.53. The highest BCUT2D eigenvalue weighted by atomic mass is 35.5. The second-order valence-corrected chi connectivity index (χ2v) is 12.4. The van der Waals surface area contributed by atoms with Gasteiger partial charge in [0.1, 0.15) is 18.3 Å². The summed E-state index contributed by atoms with van der Waals surface area (Å²) in [5.74, 6) is -0.489. The number of halogens is 1. The maximum absolute atomic E-state index is 14.2. The molecule has 42 heavy (non-hydrogen) atoms. The Morgan fingerprint density at radius 3 is 2.17 bits per heavy atom. The van der Waals surface area contributed by atoms with Gasteiger partial charge < -0.3 is 15.0 Å². The molecular formula is C32H40ClN3O5S. The van der Waals surface area contributed by atoms with Gasteiger partial charge in [-0.15, -0.1) is 0 Å². The van der Waals surface area contributed by atoms with E-state index in [1.807, 2.05) is 52.0 Å². The summed E-state index contributed by atoms with van der Waals surface area (Å²) in [5, 5.41) is 3.37. The zero-order chi connectivity index (χ0) is 30.9. The first kappa shape index (κ1) is 32.9. The third-order valence-corrected chi connectivity index (χ3v) is 9.00. The van der Waals surface area contributed by atoms with E-state index >= 15 is 0 Å². The minimum Gasteiger partial charge on any atom is -0.492 e. The van der Waals surface area contributed by atoms with Crippen molar-refractivity contribution in [3.8, 4) is 5.75 Å². The third-order valence-electron chi connectivity index (χ3n) is 6.97. The van der Waals surface area contributed by atoms with E-state index in [0.29, 0.717) is 23.8 Å². The number of aryl methyl sites for hydroxylation is 1. The van der Waals surface area contributed by atoms with E-state index in [2.05, 4.69) is 5.32 Å². The Hall–Kier alpha value is -3.56. The Labute approximate surface area is 254 Å². The molecule has 2 amide bonds. The molecule has 0 saturated heterocycles. The van der Waals surface area contributed by atoms with E-state index in [9.17, 15) is 18.0 Å². The van der Waals surface area contributed by atoms with Crippen LogP contribution < -0.4 is 14.4 Å². The van der Waals surface area contributed by atoms with Crippen LogP contribution in [0.1, 0.15) is 51.7 Å². The van der Waals surface area contributed by atoms with Crippen LogP contribution in [0.3, 0.4) is 0 Å².